The van der Waals surface area contributed by atoms with Gasteiger partial charge < -0.3 is 9.26 Å². The Balaban J connectivity index is 2.32. The van der Waals surface area contributed by atoms with Crippen molar-refractivity contribution in [3.8, 4) is 11.5 Å². The number of nitrogens with zero attached hydrogens (tertiary/aromatic N) is 2. The quantitative estimate of drug-likeness (QED) is 0.799. The van der Waals surface area contributed by atoms with E-state index in [0.717, 1.165) is 5.56 Å². The summed E-state index contributed by atoms with van der Waals surface area (Å²) >= 11 is 5.94. The van der Waals surface area contributed by atoms with Crippen LogP contribution >= 0.6 is 11.6 Å². The fraction of sp³-hybridized carbons (Fsp3) is 0.250. The highest BCUT2D eigenvalue weighted by atomic mass is 35.5. The molecule has 0 bridgehead atoms. The van der Waals surface area contributed by atoms with Crippen LogP contribution in [0.15, 0.2) is 22.7 Å². The molecule has 0 aliphatic rings. The molecule has 0 fully saturated rings. The molecular formula is C12H11ClN2O3. The van der Waals surface area contributed by atoms with Crippen molar-refractivity contribution in [3.05, 3.63) is 34.6 Å². The second-order valence-electron chi connectivity index (χ2n) is 3.66. The Morgan fingerprint density at radius 3 is 2.89 bits per heavy atom. The van der Waals surface area contributed by atoms with Crippen LogP contribution in [0.1, 0.15) is 23.1 Å². The van der Waals surface area contributed by atoms with Gasteiger partial charge in [-0.05, 0) is 42.8 Å². The molecule has 94 valence electrons. The minimum absolute atomic E-state index is 0.0931. The fourth-order valence-electron chi connectivity index (χ4n) is 1.48. The molecule has 0 radical (unpaired) electrons. The van der Waals surface area contributed by atoms with Gasteiger partial charge in [0.15, 0.2) is 0 Å². The first-order chi connectivity index (χ1) is 8.60. The lowest BCUT2D eigenvalue weighted by molar-refractivity contribution is 0.0508. The van der Waals surface area contributed by atoms with Crippen LogP contribution in [0.3, 0.4) is 0 Å². The average molecular weight is 267 g/mol. The van der Waals surface area contributed by atoms with Gasteiger partial charge >= 0.3 is 5.97 Å². The van der Waals surface area contributed by atoms with Crippen LogP contribution in [-0.4, -0.2) is 22.7 Å². The van der Waals surface area contributed by atoms with Gasteiger partial charge in [0.05, 0.1) is 6.61 Å². The van der Waals surface area contributed by atoms with E-state index >= 15 is 0 Å². The average Bonchev–Trinajstić information content (AvgIpc) is 2.77. The number of carbonyl (C=O) groups excluding carboxylic acids is 1. The van der Waals surface area contributed by atoms with E-state index in [1.807, 2.05) is 19.1 Å². The molecule has 0 aliphatic carbocycles. The van der Waals surface area contributed by atoms with Gasteiger partial charge in [0.25, 0.3) is 11.7 Å². The van der Waals surface area contributed by atoms with Gasteiger partial charge in [-0.1, -0.05) is 11.6 Å². The van der Waals surface area contributed by atoms with Crippen LogP contribution in [0.25, 0.3) is 11.5 Å². The second-order valence-corrected chi connectivity index (χ2v) is 4.10. The van der Waals surface area contributed by atoms with Crippen molar-refractivity contribution in [1.82, 2.24) is 10.1 Å². The van der Waals surface area contributed by atoms with Crippen LogP contribution in [0.4, 0.5) is 0 Å². The monoisotopic (exact) mass is 266 g/mol. The number of hydrogen-bond acceptors (Lipinski definition) is 5. The Morgan fingerprint density at radius 1 is 1.44 bits per heavy atom. The molecule has 6 heteroatoms. The SMILES string of the molecule is CCOC(=O)c1noc(-c2cc(C)cc(Cl)c2)n1. The van der Waals surface area contributed by atoms with Crippen LogP contribution < -0.4 is 0 Å². The van der Waals surface area contributed by atoms with Gasteiger partial charge in [0.1, 0.15) is 0 Å². The Kier molecular flexibility index (Phi) is 3.62. The summed E-state index contributed by atoms with van der Waals surface area (Å²) in [5, 5.41) is 4.14. The molecule has 0 aliphatic heterocycles. The summed E-state index contributed by atoms with van der Waals surface area (Å²) in [6.45, 7) is 3.87. The largest absolute Gasteiger partial charge is 0.460 e. The number of carbonyl (C=O) groups is 1. The predicted octanol–water partition coefficient (Wildman–Crippen LogP) is 2.88. The van der Waals surface area contributed by atoms with Crippen molar-refractivity contribution in [1.29, 1.82) is 0 Å². The first-order valence-corrected chi connectivity index (χ1v) is 5.76. The highest BCUT2D eigenvalue weighted by Gasteiger charge is 2.16. The maximum absolute atomic E-state index is 11.4. The van der Waals surface area contributed by atoms with Crippen LogP contribution in [-0.2, 0) is 4.74 Å². The molecule has 1 heterocycles. The number of halogens is 1. The smallest absolute Gasteiger partial charge is 0.379 e. The van der Waals surface area contributed by atoms with Gasteiger partial charge in [-0.25, -0.2) is 4.79 Å². The molecule has 0 unspecified atom stereocenters. The molecule has 18 heavy (non-hydrogen) atoms. The van der Waals surface area contributed by atoms with Crippen LogP contribution in [0, 0.1) is 6.92 Å². The summed E-state index contributed by atoms with van der Waals surface area (Å²) in [6, 6.07) is 5.35. The van der Waals surface area contributed by atoms with Crippen molar-refractivity contribution in [2.75, 3.05) is 6.61 Å². The maximum atomic E-state index is 11.4. The molecule has 0 amide bonds. The summed E-state index contributed by atoms with van der Waals surface area (Å²) in [5.41, 5.74) is 1.64. The van der Waals surface area contributed by atoms with Gasteiger partial charge in [0.2, 0.25) is 0 Å². The number of aromatic nitrogens is 2. The highest BCUT2D eigenvalue weighted by molar-refractivity contribution is 6.30. The molecule has 0 spiro atoms. The van der Waals surface area contributed by atoms with Crippen molar-refractivity contribution in [2.45, 2.75) is 13.8 Å². The number of aryl methyl sites for hydroxylation is 1. The molecule has 1 aromatic carbocycles. The summed E-state index contributed by atoms with van der Waals surface area (Å²) < 4.78 is 9.78. The van der Waals surface area contributed by atoms with E-state index in [0.29, 0.717) is 10.6 Å². The molecular weight excluding hydrogens is 256 g/mol. The lowest BCUT2D eigenvalue weighted by Gasteiger charge is -1.98. The van der Waals surface area contributed by atoms with Gasteiger partial charge in [-0.15, -0.1) is 0 Å². The van der Waals surface area contributed by atoms with E-state index in [2.05, 4.69) is 10.1 Å². The predicted molar refractivity (Wildman–Crippen MR) is 65.4 cm³/mol. The second kappa shape index (κ2) is 5.18. The Morgan fingerprint density at radius 2 is 2.22 bits per heavy atom. The molecule has 0 N–H and O–H groups in total. The van der Waals surface area contributed by atoms with E-state index in [9.17, 15) is 4.79 Å². The zero-order chi connectivity index (χ0) is 13.1. The number of esters is 1. The first-order valence-electron chi connectivity index (χ1n) is 5.38. The van der Waals surface area contributed by atoms with E-state index in [-0.39, 0.29) is 18.3 Å². The summed E-state index contributed by atoms with van der Waals surface area (Å²) in [5.74, 6) is -0.459. The minimum Gasteiger partial charge on any atom is -0.460 e. The third-order valence-corrected chi connectivity index (χ3v) is 2.39. The standard InChI is InChI=1S/C12H11ClN2O3/c1-3-17-12(16)10-14-11(18-15-10)8-4-7(2)5-9(13)6-8/h4-6H,3H2,1-2H3. The van der Waals surface area contributed by atoms with Crippen molar-refractivity contribution < 1.29 is 14.1 Å². The lowest BCUT2D eigenvalue weighted by atomic mass is 10.1. The van der Waals surface area contributed by atoms with E-state index in [1.54, 1.807) is 13.0 Å². The topological polar surface area (TPSA) is 65.2 Å². The first kappa shape index (κ1) is 12.6. The molecule has 1 aromatic heterocycles. The lowest BCUT2D eigenvalue weighted by Crippen LogP contribution is -2.06. The van der Waals surface area contributed by atoms with Gasteiger partial charge in [-0.2, -0.15) is 4.98 Å². The van der Waals surface area contributed by atoms with Crippen LogP contribution in [0.2, 0.25) is 5.02 Å². The summed E-state index contributed by atoms with van der Waals surface area (Å²) in [7, 11) is 0. The maximum Gasteiger partial charge on any atom is 0.379 e. The normalized spacial score (nSPS) is 10.4. The van der Waals surface area contributed by atoms with E-state index < -0.39 is 5.97 Å². The number of benzene rings is 1. The minimum atomic E-state index is -0.605. The van der Waals surface area contributed by atoms with Gasteiger partial charge in [-0.3, -0.25) is 0 Å². The summed E-state index contributed by atoms with van der Waals surface area (Å²) in [4.78, 5) is 15.4. The molecule has 0 saturated heterocycles. The van der Waals surface area contributed by atoms with Crippen molar-refractivity contribution >= 4 is 17.6 Å². The molecule has 5 nitrogen and oxygen atoms in total. The third kappa shape index (κ3) is 2.68. The molecule has 0 atom stereocenters. The Labute approximate surface area is 109 Å². The van der Waals surface area contributed by atoms with Crippen molar-refractivity contribution in [3.63, 3.8) is 0 Å². The van der Waals surface area contributed by atoms with E-state index in [4.69, 9.17) is 20.9 Å². The number of ether oxygens (including phenoxy) is 1. The Hall–Kier alpha value is -1.88. The fourth-order valence-corrected chi connectivity index (χ4v) is 1.77. The van der Waals surface area contributed by atoms with Crippen LogP contribution in [0.5, 0.6) is 0 Å². The Bertz CT molecular complexity index is 560. The third-order valence-electron chi connectivity index (χ3n) is 2.17. The number of hydrogen-bond donors (Lipinski definition) is 0. The summed E-state index contributed by atoms with van der Waals surface area (Å²) in [6.07, 6.45) is 0. The molecule has 0 saturated carbocycles. The zero-order valence-corrected chi connectivity index (χ0v) is 10.7. The number of rotatable bonds is 3. The highest BCUT2D eigenvalue weighted by Crippen LogP contribution is 2.23. The van der Waals surface area contributed by atoms with Crippen molar-refractivity contribution in [2.24, 2.45) is 0 Å². The van der Waals surface area contributed by atoms with E-state index in [1.165, 1.54) is 0 Å². The van der Waals surface area contributed by atoms with Gasteiger partial charge in [0, 0.05) is 10.6 Å². The zero-order valence-electron chi connectivity index (χ0n) is 9.94. The molecule has 2 aromatic rings. The molecule has 2 rings (SSSR count).